The van der Waals surface area contributed by atoms with Gasteiger partial charge < -0.3 is 14.4 Å². The minimum atomic E-state index is -1.16. The van der Waals surface area contributed by atoms with E-state index < -0.39 is 17.7 Å². The molecular formula is C19H30INO3S. The van der Waals surface area contributed by atoms with Gasteiger partial charge in [0, 0.05) is 11.4 Å². The Bertz CT molecular complexity index is 525. The molecule has 1 fully saturated rings. The van der Waals surface area contributed by atoms with E-state index in [1.807, 2.05) is 39.0 Å². The topological polar surface area (TPSA) is 55.8 Å². The van der Waals surface area contributed by atoms with Crippen LogP contribution < -0.4 is 0 Å². The summed E-state index contributed by atoms with van der Waals surface area (Å²) in [6.07, 6.45) is 1.80. The van der Waals surface area contributed by atoms with Crippen LogP contribution in [0.2, 0.25) is 0 Å². The highest BCUT2D eigenvalue weighted by Gasteiger charge is 2.43. The molecule has 0 amide bonds. The van der Waals surface area contributed by atoms with Gasteiger partial charge in [-0.25, -0.2) is 0 Å². The number of rotatable bonds is 6. The van der Waals surface area contributed by atoms with Gasteiger partial charge >= 0.3 is 0 Å². The van der Waals surface area contributed by atoms with Crippen LogP contribution >= 0.6 is 22.6 Å². The largest absolute Gasteiger partial charge is 0.597 e. The van der Waals surface area contributed by atoms with Crippen molar-refractivity contribution in [2.24, 2.45) is 0 Å². The standard InChI is InChI=1S/C19H30INO3S/c1-5-16(17-12-11-15(20)18(22)24-17)21(25(23)19(2,3)4)13-14-9-7-6-8-10-14/h6-10,15-18,22H,5,11-13H2,1-4H3/t15-,16-,17-,18-,25?/m0/s1. The first-order chi connectivity index (χ1) is 11.7. The molecule has 1 heterocycles. The van der Waals surface area contributed by atoms with Crippen molar-refractivity contribution >= 4 is 34.0 Å². The summed E-state index contributed by atoms with van der Waals surface area (Å²) >= 11 is 1.08. The molecule has 1 aromatic carbocycles. The number of halogens is 1. The maximum Gasteiger partial charge on any atom is 0.166 e. The Morgan fingerprint density at radius 2 is 1.96 bits per heavy atom. The molecule has 0 saturated carbocycles. The molecule has 1 aliphatic rings. The van der Waals surface area contributed by atoms with Gasteiger partial charge in [-0.3, -0.25) is 0 Å². The maximum atomic E-state index is 13.3. The third-order valence-electron chi connectivity index (χ3n) is 4.49. The molecule has 0 bridgehead atoms. The molecule has 1 unspecified atom stereocenters. The predicted molar refractivity (Wildman–Crippen MR) is 112 cm³/mol. The van der Waals surface area contributed by atoms with Crippen molar-refractivity contribution in [3.8, 4) is 0 Å². The summed E-state index contributed by atoms with van der Waals surface area (Å²) < 4.78 is 21.0. The second kappa shape index (κ2) is 9.37. The lowest BCUT2D eigenvalue weighted by Crippen LogP contribution is -2.54. The van der Waals surface area contributed by atoms with Crippen LogP contribution in [0.15, 0.2) is 30.3 Å². The quantitative estimate of drug-likeness (QED) is 0.380. The molecule has 0 aromatic heterocycles. The van der Waals surface area contributed by atoms with Gasteiger partial charge in [-0.15, -0.1) is 4.31 Å². The highest BCUT2D eigenvalue weighted by molar-refractivity contribution is 14.1. The van der Waals surface area contributed by atoms with Crippen LogP contribution in [0, 0.1) is 0 Å². The molecule has 4 nitrogen and oxygen atoms in total. The summed E-state index contributed by atoms with van der Waals surface area (Å²) in [5, 5.41) is 10.1. The summed E-state index contributed by atoms with van der Waals surface area (Å²) in [6.45, 7) is 8.74. The smallest absolute Gasteiger partial charge is 0.166 e. The highest BCUT2D eigenvalue weighted by atomic mass is 127. The molecule has 25 heavy (non-hydrogen) atoms. The molecule has 2 rings (SSSR count). The molecule has 1 aliphatic heterocycles. The van der Waals surface area contributed by atoms with Crippen LogP contribution in [0.4, 0.5) is 0 Å². The van der Waals surface area contributed by atoms with Gasteiger partial charge in [0.25, 0.3) is 0 Å². The zero-order valence-electron chi connectivity index (χ0n) is 15.5. The van der Waals surface area contributed by atoms with Gasteiger partial charge in [-0.1, -0.05) is 59.8 Å². The van der Waals surface area contributed by atoms with Crippen LogP contribution in [-0.4, -0.2) is 41.1 Å². The molecule has 1 saturated heterocycles. The lowest BCUT2D eigenvalue weighted by molar-refractivity contribution is -0.170. The Kier molecular flexibility index (Phi) is 8.04. The summed E-state index contributed by atoms with van der Waals surface area (Å²) in [5.74, 6) is 0. The second-order valence-electron chi connectivity index (χ2n) is 7.56. The molecule has 0 aliphatic carbocycles. The third-order valence-corrected chi connectivity index (χ3v) is 7.60. The van der Waals surface area contributed by atoms with Gasteiger partial charge in [-0.2, -0.15) is 0 Å². The van der Waals surface area contributed by atoms with E-state index in [9.17, 15) is 9.66 Å². The average molecular weight is 479 g/mol. The third kappa shape index (κ3) is 5.81. The van der Waals surface area contributed by atoms with Gasteiger partial charge in [0.05, 0.1) is 22.6 Å². The van der Waals surface area contributed by atoms with E-state index >= 15 is 0 Å². The predicted octanol–water partition coefficient (Wildman–Crippen LogP) is 4.03. The molecule has 0 spiro atoms. The SMILES string of the molecule is CC[C@@H]([C@@H]1CC[C@H](I)[C@@H](O)O1)N(Cc1ccccc1)[S+]([O-])C(C)(C)C. The Morgan fingerprint density at radius 1 is 1.32 bits per heavy atom. The van der Waals surface area contributed by atoms with E-state index in [0.29, 0.717) is 6.54 Å². The van der Waals surface area contributed by atoms with E-state index in [4.69, 9.17) is 4.74 Å². The van der Waals surface area contributed by atoms with Gasteiger partial charge in [0.15, 0.2) is 6.29 Å². The molecule has 6 heteroatoms. The summed E-state index contributed by atoms with van der Waals surface area (Å²) in [5.41, 5.74) is 1.14. The zero-order chi connectivity index (χ0) is 18.6. The second-order valence-corrected chi connectivity index (χ2v) is 11.3. The van der Waals surface area contributed by atoms with Crippen molar-refractivity contribution in [2.45, 2.75) is 80.6 Å². The first-order valence-electron chi connectivity index (χ1n) is 8.94. The number of nitrogens with zero attached hydrogens (tertiary/aromatic N) is 1. The fourth-order valence-electron chi connectivity index (χ4n) is 3.15. The first-order valence-corrected chi connectivity index (χ1v) is 11.3. The van der Waals surface area contributed by atoms with Crippen LogP contribution in [0.1, 0.15) is 52.5 Å². The molecule has 1 aromatic rings. The van der Waals surface area contributed by atoms with Crippen molar-refractivity contribution in [2.75, 3.05) is 0 Å². The average Bonchev–Trinajstić information content (AvgIpc) is 2.57. The van der Waals surface area contributed by atoms with Crippen molar-refractivity contribution in [1.82, 2.24) is 4.31 Å². The number of hydrogen-bond donors (Lipinski definition) is 1. The lowest BCUT2D eigenvalue weighted by atomic mass is 9.99. The zero-order valence-corrected chi connectivity index (χ0v) is 18.5. The number of hydrogen-bond acceptors (Lipinski definition) is 4. The van der Waals surface area contributed by atoms with E-state index in [0.717, 1.165) is 24.8 Å². The minimum Gasteiger partial charge on any atom is -0.597 e. The highest BCUT2D eigenvalue weighted by Crippen LogP contribution is 2.33. The van der Waals surface area contributed by atoms with Gasteiger partial charge in [0.1, 0.15) is 4.75 Å². The van der Waals surface area contributed by atoms with Crippen molar-refractivity contribution in [3.05, 3.63) is 35.9 Å². The fraction of sp³-hybridized carbons (Fsp3) is 0.684. The monoisotopic (exact) mass is 479 g/mol. The number of aliphatic hydroxyl groups excluding tert-OH is 1. The minimum absolute atomic E-state index is 0.0128. The molecule has 5 atom stereocenters. The first kappa shape index (κ1) is 21.4. The number of ether oxygens (including phenoxy) is 1. The number of alkyl halides is 1. The van der Waals surface area contributed by atoms with E-state index in [1.165, 1.54) is 0 Å². The summed E-state index contributed by atoms with van der Waals surface area (Å²) in [4.78, 5) is 0. The van der Waals surface area contributed by atoms with Crippen LogP contribution in [0.25, 0.3) is 0 Å². The lowest BCUT2D eigenvalue weighted by Gasteiger charge is -2.42. The summed E-state index contributed by atoms with van der Waals surface area (Å²) in [6, 6.07) is 10.2. The Hall–Kier alpha value is 0.140. The molecule has 142 valence electrons. The number of aliphatic hydroxyl groups is 1. The van der Waals surface area contributed by atoms with Crippen LogP contribution in [0.3, 0.4) is 0 Å². The Balaban J connectivity index is 2.25. The van der Waals surface area contributed by atoms with E-state index in [1.54, 1.807) is 0 Å². The Labute approximate surface area is 168 Å². The van der Waals surface area contributed by atoms with Crippen LogP contribution in [-0.2, 0) is 22.6 Å². The van der Waals surface area contributed by atoms with Crippen molar-refractivity contribution in [3.63, 3.8) is 0 Å². The molecular weight excluding hydrogens is 449 g/mol. The molecule has 0 radical (unpaired) electrons. The normalized spacial score (nSPS) is 27.3. The van der Waals surface area contributed by atoms with Crippen molar-refractivity contribution < 1.29 is 14.4 Å². The Morgan fingerprint density at radius 3 is 2.48 bits per heavy atom. The van der Waals surface area contributed by atoms with Gasteiger partial charge in [-0.05, 0) is 45.6 Å². The van der Waals surface area contributed by atoms with E-state index in [-0.39, 0.29) is 20.8 Å². The number of benzene rings is 1. The fourth-order valence-corrected chi connectivity index (χ4v) is 5.18. The summed E-state index contributed by atoms with van der Waals surface area (Å²) in [7, 11) is 0. The molecule has 1 N–H and O–H groups in total. The maximum absolute atomic E-state index is 13.3. The van der Waals surface area contributed by atoms with Crippen LogP contribution in [0.5, 0.6) is 0 Å². The van der Waals surface area contributed by atoms with Crippen molar-refractivity contribution in [1.29, 1.82) is 0 Å². The van der Waals surface area contributed by atoms with Gasteiger partial charge in [0.2, 0.25) is 0 Å². The van der Waals surface area contributed by atoms with E-state index in [2.05, 4.69) is 46.0 Å².